The van der Waals surface area contributed by atoms with Gasteiger partial charge in [0.1, 0.15) is 6.61 Å². The Morgan fingerprint density at radius 1 is 1.03 bits per heavy atom. The molecule has 0 saturated heterocycles. The Labute approximate surface area is 219 Å². The van der Waals surface area contributed by atoms with Gasteiger partial charge >= 0.3 is 5.97 Å². The Morgan fingerprint density at radius 3 is 2.57 bits per heavy atom. The van der Waals surface area contributed by atoms with Crippen molar-refractivity contribution in [3.05, 3.63) is 47.5 Å². The van der Waals surface area contributed by atoms with Gasteiger partial charge in [0.15, 0.2) is 0 Å². The summed E-state index contributed by atoms with van der Waals surface area (Å²) >= 11 is 0. The highest BCUT2D eigenvalue weighted by Gasteiger charge is 2.71. The molecule has 5 aliphatic rings. The van der Waals surface area contributed by atoms with Gasteiger partial charge in [0.05, 0.1) is 17.3 Å². The van der Waals surface area contributed by atoms with Crippen LogP contribution in [0.3, 0.4) is 0 Å². The molecule has 1 aromatic rings. The molecular formula is C31H41NO5. The van der Waals surface area contributed by atoms with Crippen molar-refractivity contribution in [2.45, 2.75) is 88.4 Å². The molecule has 1 aromatic carbocycles. The largest absolute Gasteiger partial charge is 0.458 e. The number of esters is 1. The molecule has 6 heteroatoms. The quantitative estimate of drug-likeness (QED) is 0.413. The Balaban J connectivity index is 1.31. The second-order valence-electron chi connectivity index (χ2n) is 12.8. The lowest BCUT2D eigenvalue weighted by Gasteiger charge is -2.65. The van der Waals surface area contributed by atoms with Crippen molar-refractivity contribution in [3.8, 4) is 0 Å². The van der Waals surface area contributed by atoms with Crippen LogP contribution in [0, 0.1) is 28.6 Å². The first kappa shape index (κ1) is 25.3. The molecule has 200 valence electrons. The number of fused-ring (bicyclic) bond motifs is 5. The Hall–Kier alpha value is -2.02. The van der Waals surface area contributed by atoms with Crippen LogP contribution in [0.25, 0.3) is 0 Å². The molecule has 6 rings (SSSR count). The van der Waals surface area contributed by atoms with Crippen molar-refractivity contribution in [2.75, 3.05) is 13.2 Å². The molecule has 8 atom stereocenters. The van der Waals surface area contributed by atoms with Crippen LogP contribution in [-0.2, 0) is 16.0 Å². The summed E-state index contributed by atoms with van der Waals surface area (Å²) in [6.07, 6.45) is 10.4. The van der Waals surface area contributed by atoms with Crippen molar-refractivity contribution in [1.82, 2.24) is 0 Å². The van der Waals surface area contributed by atoms with Gasteiger partial charge in [0.2, 0.25) is 0 Å². The molecule has 0 spiro atoms. The first-order valence-corrected chi connectivity index (χ1v) is 14.3. The summed E-state index contributed by atoms with van der Waals surface area (Å²) in [5, 5.41) is 35.2. The number of carbonyl (C=O) groups excluding carboxylic acids is 1. The van der Waals surface area contributed by atoms with Crippen LogP contribution in [-0.4, -0.2) is 58.0 Å². The lowest BCUT2D eigenvalue weighted by atomic mass is 9.41. The number of cyclic esters (lactones) is 1. The van der Waals surface area contributed by atoms with Crippen LogP contribution in [0.2, 0.25) is 0 Å². The zero-order valence-corrected chi connectivity index (χ0v) is 21.9. The predicted molar refractivity (Wildman–Crippen MR) is 141 cm³/mol. The summed E-state index contributed by atoms with van der Waals surface area (Å²) in [7, 11) is 0. The minimum Gasteiger partial charge on any atom is -0.458 e. The third-order valence-corrected chi connectivity index (χ3v) is 11.3. The summed E-state index contributed by atoms with van der Waals surface area (Å²) < 4.78 is 5.25. The minimum atomic E-state index is -1.00. The van der Waals surface area contributed by atoms with E-state index >= 15 is 0 Å². The molecule has 0 unspecified atom stereocenters. The number of aliphatic imine (C=N–C) groups is 1. The predicted octanol–water partition coefficient (Wildman–Crippen LogP) is 4.01. The van der Waals surface area contributed by atoms with E-state index in [4.69, 9.17) is 9.73 Å². The first-order chi connectivity index (χ1) is 17.7. The normalized spacial score (nSPS) is 45.2. The average molecular weight is 508 g/mol. The molecule has 1 heterocycles. The van der Waals surface area contributed by atoms with E-state index in [0.29, 0.717) is 45.3 Å². The third-order valence-electron chi connectivity index (χ3n) is 11.3. The van der Waals surface area contributed by atoms with Crippen LogP contribution in [0.15, 0.2) is 47.0 Å². The molecule has 1 aliphatic heterocycles. The number of nitrogens with zero attached hydrogens (tertiary/aromatic N) is 1. The van der Waals surface area contributed by atoms with E-state index in [1.54, 1.807) is 6.08 Å². The number of aliphatic hydroxyl groups excluding tert-OH is 1. The van der Waals surface area contributed by atoms with Gasteiger partial charge in [0, 0.05) is 36.1 Å². The topological polar surface area (TPSA) is 99.4 Å². The molecule has 0 bridgehead atoms. The molecule has 0 aromatic heterocycles. The van der Waals surface area contributed by atoms with Crippen molar-refractivity contribution in [2.24, 2.45) is 33.6 Å². The van der Waals surface area contributed by atoms with Crippen LogP contribution < -0.4 is 0 Å². The molecule has 37 heavy (non-hydrogen) atoms. The zero-order chi connectivity index (χ0) is 25.9. The minimum absolute atomic E-state index is 0.0611. The van der Waals surface area contributed by atoms with Gasteiger partial charge in [-0.2, -0.15) is 0 Å². The van der Waals surface area contributed by atoms with Crippen molar-refractivity contribution >= 4 is 12.2 Å². The smallest absolute Gasteiger partial charge is 0.331 e. The standard InChI is InChI=1S/C31H41NO5/c1-28-12-8-25-26(31(28,36)15-10-24(28)22-17-27(34)37-19-22)9-14-30(35)18-23(33)7-13-29(25,30)20-32-16-11-21-5-3-2-4-6-21/h2-6,17,20,23-26,33,35-36H,7-16,18-19H2,1H3/t23-,24+,25+,26+,28-,29+,30+,31+/m1/s1. The lowest BCUT2D eigenvalue weighted by molar-refractivity contribution is -0.237. The first-order valence-electron chi connectivity index (χ1n) is 14.3. The molecule has 6 nitrogen and oxygen atoms in total. The number of ether oxygens (including phenoxy) is 1. The Morgan fingerprint density at radius 2 is 1.81 bits per heavy atom. The summed E-state index contributed by atoms with van der Waals surface area (Å²) in [4.78, 5) is 16.8. The maximum atomic E-state index is 12.5. The fourth-order valence-electron chi connectivity index (χ4n) is 9.43. The summed E-state index contributed by atoms with van der Waals surface area (Å²) in [6, 6.07) is 10.3. The molecule has 3 N–H and O–H groups in total. The maximum absolute atomic E-state index is 12.5. The van der Waals surface area contributed by atoms with E-state index in [9.17, 15) is 20.1 Å². The summed E-state index contributed by atoms with van der Waals surface area (Å²) in [5.74, 6) is 0.0590. The van der Waals surface area contributed by atoms with E-state index < -0.39 is 22.7 Å². The number of aliphatic hydroxyl groups is 3. The lowest BCUT2D eigenvalue weighted by Crippen LogP contribution is -2.68. The Kier molecular flexibility index (Phi) is 6.17. The highest BCUT2D eigenvalue weighted by Crippen LogP contribution is 2.70. The van der Waals surface area contributed by atoms with E-state index in [1.165, 1.54) is 5.56 Å². The highest BCUT2D eigenvalue weighted by molar-refractivity contribution is 5.85. The fraction of sp³-hybridized carbons (Fsp3) is 0.677. The van der Waals surface area contributed by atoms with E-state index in [-0.39, 0.29) is 29.1 Å². The average Bonchev–Trinajstić information content (AvgIpc) is 3.42. The monoisotopic (exact) mass is 507 g/mol. The van der Waals surface area contributed by atoms with E-state index in [1.807, 2.05) is 18.2 Å². The van der Waals surface area contributed by atoms with Gasteiger partial charge in [-0.15, -0.1) is 0 Å². The van der Waals surface area contributed by atoms with Gasteiger partial charge in [-0.1, -0.05) is 37.3 Å². The summed E-state index contributed by atoms with van der Waals surface area (Å²) in [6.45, 7) is 3.23. The van der Waals surface area contributed by atoms with Gasteiger partial charge in [-0.05, 0) is 86.7 Å². The number of benzene rings is 1. The van der Waals surface area contributed by atoms with E-state index in [0.717, 1.165) is 37.7 Å². The van der Waals surface area contributed by atoms with Gasteiger partial charge in [0.25, 0.3) is 0 Å². The van der Waals surface area contributed by atoms with Crippen molar-refractivity contribution in [1.29, 1.82) is 0 Å². The SMILES string of the molecule is C[C@]12CC[C@H]3[C@H](CC[C@]4(O)C[C@H](O)CC[C@]34C=NCCc3ccccc3)[C@@]1(O)CC[C@H]2C1=CC(=O)OC1. The van der Waals surface area contributed by atoms with Crippen LogP contribution in [0.4, 0.5) is 0 Å². The van der Waals surface area contributed by atoms with Gasteiger partial charge < -0.3 is 20.1 Å². The second kappa shape index (κ2) is 9.03. The van der Waals surface area contributed by atoms with Crippen LogP contribution >= 0.6 is 0 Å². The number of carbonyl (C=O) groups is 1. The molecule has 4 fully saturated rings. The number of rotatable bonds is 5. The molecule has 0 amide bonds. The Bertz CT molecular complexity index is 1100. The fourth-order valence-corrected chi connectivity index (χ4v) is 9.43. The number of hydrogen-bond donors (Lipinski definition) is 3. The van der Waals surface area contributed by atoms with Crippen molar-refractivity contribution in [3.63, 3.8) is 0 Å². The molecule has 4 aliphatic carbocycles. The van der Waals surface area contributed by atoms with Crippen LogP contribution in [0.5, 0.6) is 0 Å². The van der Waals surface area contributed by atoms with Crippen molar-refractivity contribution < 1.29 is 24.9 Å². The second-order valence-corrected chi connectivity index (χ2v) is 12.8. The van der Waals surface area contributed by atoms with E-state index in [2.05, 4.69) is 25.3 Å². The van der Waals surface area contributed by atoms with Gasteiger partial charge in [-0.25, -0.2) is 4.79 Å². The molecular weight excluding hydrogens is 466 g/mol. The molecule has 0 radical (unpaired) electrons. The summed E-state index contributed by atoms with van der Waals surface area (Å²) in [5.41, 5.74) is -0.424. The van der Waals surface area contributed by atoms with Crippen LogP contribution in [0.1, 0.15) is 70.3 Å². The zero-order valence-electron chi connectivity index (χ0n) is 21.9. The number of hydrogen-bond acceptors (Lipinski definition) is 6. The maximum Gasteiger partial charge on any atom is 0.331 e. The van der Waals surface area contributed by atoms with Gasteiger partial charge in [-0.3, -0.25) is 4.99 Å². The third kappa shape index (κ3) is 3.77. The highest BCUT2D eigenvalue weighted by atomic mass is 16.5. The molecule has 4 saturated carbocycles.